The molecule has 0 amide bonds. The number of aryl methyl sites for hydroxylation is 1. The minimum atomic E-state index is -3.92. The van der Waals surface area contributed by atoms with Crippen LogP contribution in [-0.2, 0) is 21.4 Å². The van der Waals surface area contributed by atoms with Crippen LogP contribution in [0.2, 0.25) is 0 Å². The van der Waals surface area contributed by atoms with Gasteiger partial charge in [0.1, 0.15) is 12.3 Å². The molecule has 0 bridgehead atoms. The molecule has 2 heterocycles. The van der Waals surface area contributed by atoms with Crippen LogP contribution in [0.1, 0.15) is 21.6 Å². The second-order valence-corrected chi connectivity index (χ2v) is 7.18. The van der Waals surface area contributed by atoms with Crippen molar-refractivity contribution in [3.63, 3.8) is 0 Å². The number of carbonyl (C=O) groups is 1. The van der Waals surface area contributed by atoms with Crippen LogP contribution in [0.25, 0.3) is 5.65 Å². The molecular weight excluding hydrogens is 358 g/mol. The van der Waals surface area contributed by atoms with E-state index in [0.717, 1.165) is 11.6 Å². The van der Waals surface area contributed by atoms with Crippen LogP contribution in [-0.4, -0.2) is 23.8 Å². The van der Waals surface area contributed by atoms with E-state index in [1.807, 2.05) is 13.0 Å². The Morgan fingerprint density at radius 2 is 2.00 bits per heavy atom. The van der Waals surface area contributed by atoms with Gasteiger partial charge in [-0.2, -0.15) is 0 Å². The molecule has 26 heavy (non-hydrogen) atoms. The number of carbonyl (C=O) groups excluding carboxylic acids is 1. The van der Waals surface area contributed by atoms with Gasteiger partial charge in [0.2, 0.25) is 10.0 Å². The van der Waals surface area contributed by atoms with Gasteiger partial charge in [-0.15, -0.1) is 0 Å². The smallest absolute Gasteiger partial charge is 0.338 e. The molecule has 1 aromatic carbocycles. The number of hydrogen-bond donors (Lipinski definition) is 1. The van der Waals surface area contributed by atoms with Gasteiger partial charge in [0.05, 0.1) is 16.2 Å². The second-order valence-electron chi connectivity index (χ2n) is 5.62. The van der Waals surface area contributed by atoms with Crippen molar-refractivity contribution in [1.29, 1.82) is 0 Å². The molecule has 0 radical (unpaired) electrons. The van der Waals surface area contributed by atoms with Gasteiger partial charge >= 0.3 is 5.97 Å². The number of sulfonamides is 1. The largest absolute Gasteiger partial charge is 0.456 e. The number of esters is 1. The molecule has 0 saturated carbocycles. The zero-order chi connectivity index (χ0) is 18.9. The Bertz CT molecular complexity index is 1170. The van der Waals surface area contributed by atoms with Gasteiger partial charge in [0, 0.05) is 12.3 Å². The third-order valence-corrected chi connectivity index (χ3v) is 4.60. The lowest BCUT2D eigenvalue weighted by Crippen LogP contribution is -2.17. The first-order chi connectivity index (χ1) is 12.3. The first kappa shape index (κ1) is 17.8. The lowest BCUT2D eigenvalue weighted by molar-refractivity contribution is 0.0467. The van der Waals surface area contributed by atoms with Gasteiger partial charge in [-0.25, -0.2) is 23.3 Å². The first-order valence-electron chi connectivity index (χ1n) is 7.53. The Kier molecular flexibility index (Phi) is 4.58. The molecule has 0 spiro atoms. The van der Waals surface area contributed by atoms with Crippen molar-refractivity contribution < 1.29 is 17.9 Å². The average molecular weight is 373 g/mol. The molecule has 2 N–H and O–H groups in total. The summed E-state index contributed by atoms with van der Waals surface area (Å²) in [4.78, 5) is 28.4. The minimum Gasteiger partial charge on any atom is -0.456 e. The van der Waals surface area contributed by atoms with Gasteiger partial charge < -0.3 is 4.74 Å². The topological polar surface area (TPSA) is 121 Å². The van der Waals surface area contributed by atoms with Crippen molar-refractivity contribution >= 4 is 21.6 Å². The van der Waals surface area contributed by atoms with Crippen molar-refractivity contribution in [2.75, 3.05) is 0 Å². The quantitative estimate of drug-likeness (QED) is 0.681. The van der Waals surface area contributed by atoms with E-state index in [4.69, 9.17) is 9.88 Å². The molecule has 0 aliphatic rings. The van der Waals surface area contributed by atoms with E-state index in [9.17, 15) is 18.0 Å². The Labute approximate surface area is 148 Å². The third kappa shape index (κ3) is 3.63. The molecule has 8 nitrogen and oxygen atoms in total. The maximum atomic E-state index is 12.1. The predicted octanol–water partition coefficient (Wildman–Crippen LogP) is 1.01. The second kappa shape index (κ2) is 6.70. The minimum absolute atomic E-state index is 0.0326. The Hall–Kier alpha value is -3.04. The Balaban J connectivity index is 1.83. The molecule has 0 atom stereocenters. The highest BCUT2D eigenvalue weighted by atomic mass is 32.2. The van der Waals surface area contributed by atoms with E-state index >= 15 is 0 Å². The highest BCUT2D eigenvalue weighted by Crippen LogP contribution is 2.12. The maximum Gasteiger partial charge on any atom is 0.338 e. The summed E-state index contributed by atoms with van der Waals surface area (Å²) in [5.74, 6) is -0.748. The lowest BCUT2D eigenvalue weighted by Gasteiger charge is -2.08. The van der Waals surface area contributed by atoms with Gasteiger partial charge in [-0.3, -0.25) is 9.20 Å². The van der Waals surface area contributed by atoms with E-state index < -0.39 is 16.0 Å². The third-order valence-electron chi connectivity index (χ3n) is 3.69. The summed E-state index contributed by atoms with van der Waals surface area (Å²) >= 11 is 0. The van der Waals surface area contributed by atoms with Crippen LogP contribution >= 0.6 is 0 Å². The molecule has 0 saturated heterocycles. The number of pyridine rings is 1. The number of benzene rings is 1. The van der Waals surface area contributed by atoms with E-state index in [-0.39, 0.29) is 22.6 Å². The zero-order valence-electron chi connectivity index (χ0n) is 13.7. The van der Waals surface area contributed by atoms with Crippen molar-refractivity contribution in [2.24, 2.45) is 5.14 Å². The monoisotopic (exact) mass is 373 g/mol. The number of primary sulfonamides is 1. The summed E-state index contributed by atoms with van der Waals surface area (Å²) in [5.41, 5.74) is 1.31. The van der Waals surface area contributed by atoms with Crippen LogP contribution in [0, 0.1) is 6.92 Å². The molecule has 0 unspecified atom stereocenters. The number of nitrogens with zero attached hydrogens (tertiary/aromatic N) is 2. The maximum absolute atomic E-state index is 12.1. The fourth-order valence-corrected chi connectivity index (χ4v) is 2.97. The highest BCUT2D eigenvalue weighted by molar-refractivity contribution is 7.89. The fraction of sp³-hybridized carbons (Fsp3) is 0.118. The number of aromatic nitrogens is 2. The normalized spacial score (nSPS) is 11.5. The van der Waals surface area contributed by atoms with Crippen LogP contribution < -0.4 is 10.7 Å². The van der Waals surface area contributed by atoms with Gasteiger partial charge in [-0.1, -0.05) is 12.1 Å². The fourth-order valence-electron chi connectivity index (χ4n) is 2.41. The average Bonchev–Trinajstić information content (AvgIpc) is 2.60. The lowest BCUT2D eigenvalue weighted by atomic mass is 10.2. The molecule has 3 rings (SSSR count). The summed E-state index contributed by atoms with van der Waals surface area (Å²) in [7, 11) is -3.92. The Morgan fingerprint density at radius 3 is 2.73 bits per heavy atom. The standard InChI is InChI=1S/C17H15N3O5S/c1-11-4-3-7-20-15(21)9-13(19-16(11)20)10-25-17(22)12-5-2-6-14(8-12)26(18,23)24/h2-9H,10H2,1H3,(H2,18,23,24). The molecule has 0 aliphatic carbocycles. The van der Waals surface area contributed by atoms with Gasteiger partial charge in [0.25, 0.3) is 5.56 Å². The molecule has 2 aromatic heterocycles. The summed E-state index contributed by atoms with van der Waals surface area (Å²) < 4.78 is 29.3. The van der Waals surface area contributed by atoms with E-state index in [2.05, 4.69) is 4.98 Å². The number of hydrogen-bond acceptors (Lipinski definition) is 6. The van der Waals surface area contributed by atoms with E-state index in [0.29, 0.717) is 11.3 Å². The van der Waals surface area contributed by atoms with Crippen LogP contribution in [0.3, 0.4) is 0 Å². The molecule has 134 valence electrons. The summed E-state index contributed by atoms with van der Waals surface area (Å²) in [6, 6.07) is 10.0. The number of ether oxygens (including phenoxy) is 1. The van der Waals surface area contributed by atoms with E-state index in [1.54, 1.807) is 12.3 Å². The van der Waals surface area contributed by atoms with Crippen molar-refractivity contribution in [3.05, 3.63) is 75.8 Å². The SMILES string of the molecule is Cc1cccn2c(=O)cc(COC(=O)c3cccc(S(N)(=O)=O)c3)nc12. The van der Waals surface area contributed by atoms with Crippen molar-refractivity contribution in [1.82, 2.24) is 9.38 Å². The van der Waals surface area contributed by atoms with Crippen LogP contribution in [0.5, 0.6) is 0 Å². The van der Waals surface area contributed by atoms with Gasteiger partial charge in [-0.05, 0) is 36.8 Å². The predicted molar refractivity (Wildman–Crippen MR) is 93.1 cm³/mol. The number of fused-ring (bicyclic) bond motifs is 1. The molecule has 3 aromatic rings. The highest BCUT2D eigenvalue weighted by Gasteiger charge is 2.14. The Morgan fingerprint density at radius 1 is 1.23 bits per heavy atom. The summed E-state index contributed by atoms with van der Waals surface area (Å²) in [6.07, 6.45) is 1.60. The molecule has 9 heteroatoms. The first-order valence-corrected chi connectivity index (χ1v) is 9.08. The van der Waals surface area contributed by atoms with Crippen molar-refractivity contribution in [2.45, 2.75) is 18.4 Å². The molecule has 0 aliphatic heterocycles. The van der Waals surface area contributed by atoms with Gasteiger partial charge in [0.15, 0.2) is 0 Å². The van der Waals surface area contributed by atoms with Crippen LogP contribution in [0.4, 0.5) is 0 Å². The summed E-state index contributed by atoms with van der Waals surface area (Å²) in [6.45, 7) is 1.59. The zero-order valence-corrected chi connectivity index (χ0v) is 14.6. The molecule has 0 fully saturated rings. The van der Waals surface area contributed by atoms with E-state index in [1.165, 1.54) is 28.7 Å². The van der Waals surface area contributed by atoms with Crippen molar-refractivity contribution in [3.8, 4) is 0 Å². The number of nitrogens with two attached hydrogens (primary N) is 1. The van der Waals surface area contributed by atoms with Crippen LogP contribution in [0.15, 0.2) is 58.4 Å². The number of rotatable bonds is 4. The molecular formula is C17H15N3O5S. The summed E-state index contributed by atoms with van der Waals surface area (Å²) in [5, 5.41) is 5.05.